The Hall–Kier alpha value is -2.73. The maximum atomic E-state index is 12.9. The van der Waals surface area contributed by atoms with E-state index in [0.29, 0.717) is 32.8 Å². The minimum absolute atomic E-state index is 0.185. The Morgan fingerprint density at radius 1 is 1.00 bits per heavy atom. The monoisotopic (exact) mass is 427 g/mol. The number of carbonyl (C=O) groups is 1. The first-order chi connectivity index (χ1) is 14.0. The van der Waals surface area contributed by atoms with Crippen molar-refractivity contribution in [1.29, 1.82) is 0 Å². The van der Waals surface area contributed by atoms with Gasteiger partial charge in [0.25, 0.3) is 5.91 Å². The van der Waals surface area contributed by atoms with Crippen LogP contribution in [0.1, 0.15) is 17.2 Å². The van der Waals surface area contributed by atoms with E-state index < -0.39 is 6.10 Å². The fourth-order valence-corrected chi connectivity index (χ4v) is 4.09. The number of benzene rings is 3. The van der Waals surface area contributed by atoms with Crippen LogP contribution >= 0.6 is 23.2 Å². The molecule has 5 rings (SSSR count). The van der Waals surface area contributed by atoms with Gasteiger partial charge in [0, 0.05) is 5.56 Å². The quantitative estimate of drug-likeness (QED) is 0.640. The molecule has 0 spiro atoms. The molecule has 1 amide bonds. The normalized spacial score (nSPS) is 17.0. The Bertz CT molecular complexity index is 1150. The lowest BCUT2D eigenvalue weighted by molar-refractivity contribution is -0.125. The third kappa shape index (κ3) is 3.02. The summed E-state index contributed by atoms with van der Waals surface area (Å²) in [6.07, 6.45) is -1.24. The number of hydrogen-bond acceptors (Lipinski definition) is 4. The van der Waals surface area contributed by atoms with Crippen molar-refractivity contribution in [3.63, 3.8) is 0 Å². The van der Waals surface area contributed by atoms with Crippen LogP contribution in [-0.2, 0) is 11.3 Å². The van der Waals surface area contributed by atoms with Gasteiger partial charge in [0.05, 0.1) is 22.3 Å². The van der Waals surface area contributed by atoms with Gasteiger partial charge in [-0.3, -0.25) is 4.79 Å². The fraction of sp³-hybridized carbons (Fsp3) is 0.136. The van der Waals surface area contributed by atoms with Gasteiger partial charge in [0.15, 0.2) is 17.6 Å². The largest absolute Gasteiger partial charge is 0.454 e. The fourth-order valence-electron chi connectivity index (χ4n) is 3.77. The summed E-state index contributed by atoms with van der Waals surface area (Å²) in [6.45, 7) is 0.467. The second kappa shape index (κ2) is 6.95. The van der Waals surface area contributed by atoms with Crippen LogP contribution in [0.4, 0.5) is 5.69 Å². The van der Waals surface area contributed by atoms with Crippen LogP contribution in [0, 0.1) is 0 Å². The molecule has 0 fully saturated rings. The molecule has 0 aliphatic carbocycles. The average Bonchev–Trinajstić information content (AvgIpc) is 3.29. The number of ether oxygens (including phenoxy) is 2. The molecular formula is C22H15Cl2NO4. The smallest absolute Gasteiger partial charge is 0.260 e. The summed E-state index contributed by atoms with van der Waals surface area (Å²) in [6, 6.07) is 16.4. The molecular weight excluding hydrogens is 413 g/mol. The first-order valence-electron chi connectivity index (χ1n) is 8.99. The van der Waals surface area contributed by atoms with Gasteiger partial charge in [-0.25, -0.2) is 0 Å². The van der Waals surface area contributed by atoms with E-state index in [1.54, 1.807) is 17.0 Å². The summed E-state index contributed by atoms with van der Waals surface area (Å²) in [5.41, 5.74) is 3.69. The average molecular weight is 428 g/mol. The molecule has 0 saturated heterocycles. The van der Waals surface area contributed by atoms with E-state index in [2.05, 4.69) is 0 Å². The summed E-state index contributed by atoms with van der Waals surface area (Å²) >= 11 is 12.1. The highest BCUT2D eigenvalue weighted by Gasteiger charge is 2.38. The molecule has 1 atom stereocenters. The lowest BCUT2D eigenvalue weighted by Gasteiger charge is -2.18. The molecule has 5 nitrogen and oxygen atoms in total. The second-order valence-electron chi connectivity index (χ2n) is 6.88. The minimum Gasteiger partial charge on any atom is -0.454 e. The number of carbonyl (C=O) groups excluding carboxylic acids is 1. The van der Waals surface area contributed by atoms with Gasteiger partial charge in [-0.2, -0.15) is 0 Å². The Balaban J connectivity index is 1.56. The zero-order chi connectivity index (χ0) is 20.1. The van der Waals surface area contributed by atoms with Crippen LogP contribution in [0.25, 0.3) is 11.1 Å². The predicted octanol–water partition coefficient (Wildman–Crippen LogP) is 4.97. The van der Waals surface area contributed by atoms with Gasteiger partial charge in [-0.15, -0.1) is 0 Å². The molecule has 2 heterocycles. The first kappa shape index (κ1) is 18.3. The molecule has 0 saturated carbocycles. The van der Waals surface area contributed by atoms with E-state index in [4.69, 9.17) is 32.7 Å². The number of rotatable bonds is 3. The van der Waals surface area contributed by atoms with Gasteiger partial charge in [-0.05, 0) is 47.0 Å². The number of aliphatic hydroxyl groups is 1. The molecule has 0 bridgehead atoms. The Labute approximate surface area is 177 Å². The van der Waals surface area contributed by atoms with E-state index in [1.807, 2.05) is 42.5 Å². The predicted molar refractivity (Wildman–Crippen MR) is 111 cm³/mol. The van der Waals surface area contributed by atoms with Gasteiger partial charge in [0.1, 0.15) is 0 Å². The van der Waals surface area contributed by atoms with Crippen molar-refractivity contribution >= 4 is 34.8 Å². The van der Waals surface area contributed by atoms with E-state index >= 15 is 0 Å². The molecule has 3 aromatic carbocycles. The Morgan fingerprint density at radius 2 is 1.83 bits per heavy atom. The second-order valence-corrected chi connectivity index (χ2v) is 7.70. The molecule has 29 heavy (non-hydrogen) atoms. The standard InChI is InChI=1S/C22H15Cl2NO4/c23-15-6-4-12(8-16(15)24)10-25-17-3-1-2-14(20(17)21(26)22(25)27)13-5-7-18-19(9-13)29-11-28-18/h1-9,21,26H,10-11H2. The molecule has 1 N–H and O–H groups in total. The number of amides is 1. The SMILES string of the molecule is O=C1C(O)c2c(-c3ccc4c(c3)OCO4)cccc2N1Cc1ccc(Cl)c(Cl)c1. The van der Waals surface area contributed by atoms with Gasteiger partial charge >= 0.3 is 0 Å². The van der Waals surface area contributed by atoms with E-state index in [1.165, 1.54) is 0 Å². The van der Waals surface area contributed by atoms with Crippen molar-refractivity contribution in [2.24, 2.45) is 0 Å². The van der Waals surface area contributed by atoms with Crippen molar-refractivity contribution in [3.8, 4) is 22.6 Å². The Kier molecular flexibility index (Phi) is 4.39. The van der Waals surface area contributed by atoms with Crippen LogP contribution in [0.3, 0.4) is 0 Å². The van der Waals surface area contributed by atoms with Crippen molar-refractivity contribution < 1.29 is 19.4 Å². The molecule has 1 unspecified atom stereocenters. The number of nitrogens with zero attached hydrogens (tertiary/aromatic N) is 1. The maximum absolute atomic E-state index is 12.9. The number of hydrogen-bond donors (Lipinski definition) is 1. The van der Waals surface area contributed by atoms with Gasteiger partial charge < -0.3 is 19.5 Å². The number of aliphatic hydroxyl groups excluding tert-OH is 1. The van der Waals surface area contributed by atoms with Crippen molar-refractivity contribution in [3.05, 3.63) is 75.8 Å². The molecule has 146 valence electrons. The molecule has 0 aromatic heterocycles. The lowest BCUT2D eigenvalue weighted by atomic mass is 9.96. The minimum atomic E-state index is -1.24. The summed E-state index contributed by atoms with van der Waals surface area (Å²) in [4.78, 5) is 14.4. The third-order valence-electron chi connectivity index (χ3n) is 5.16. The van der Waals surface area contributed by atoms with E-state index in [0.717, 1.165) is 16.7 Å². The van der Waals surface area contributed by atoms with E-state index in [-0.39, 0.29) is 19.2 Å². The zero-order valence-electron chi connectivity index (χ0n) is 15.1. The van der Waals surface area contributed by atoms with Crippen LogP contribution < -0.4 is 14.4 Å². The zero-order valence-corrected chi connectivity index (χ0v) is 16.6. The molecule has 3 aromatic rings. The highest BCUT2D eigenvalue weighted by atomic mass is 35.5. The van der Waals surface area contributed by atoms with Crippen molar-refractivity contribution in [2.45, 2.75) is 12.6 Å². The van der Waals surface area contributed by atoms with Crippen molar-refractivity contribution in [2.75, 3.05) is 11.7 Å². The summed E-state index contributed by atoms with van der Waals surface area (Å²) < 4.78 is 10.8. The Morgan fingerprint density at radius 3 is 2.66 bits per heavy atom. The summed E-state index contributed by atoms with van der Waals surface area (Å²) in [5.74, 6) is 0.949. The third-order valence-corrected chi connectivity index (χ3v) is 5.89. The van der Waals surface area contributed by atoms with Gasteiger partial charge in [-0.1, -0.05) is 47.5 Å². The number of halogens is 2. The lowest BCUT2D eigenvalue weighted by Crippen LogP contribution is -2.28. The first-order valence-corrected chi connectivity index (χ1v) is 9.75. The number of fused-ring (bicyclic) bond motifs is 2. The highest BCUT2D eigenvalue weighted by molar-refractivity contribution is 6.42. The maximum Gasteiger partial charge on any atom is 0.260 e. The molecule has 0 radical (unpaired) electrons. The van der Waals surface area contributed by atoms with Crippen LogP contribution in [0.15, 0.2) is 54.6 Å². The molecule has 2 aliphatic heterocycles. The van der Waals surface area contributed by atoms with Crippen LogP contribution in [-0.4, -0.2) is 17.8 Å². The molecule has 2 aliphatic rings. The van der Waals surface area contributed by atoms with Crippen LogP contribution in [0.2, 0.25) is 10.0 Å². The van der Waals surface area contributed by atoms with Crippen LogP contribution in [0.5, 0.6) is 11.5 Å². The van der Waals surface area contributed by atoms with Gasteiger partial charge in [0.2, 0.25) is 6.79 Å². The molecule has 7 heteroatoms. The summed E-state index contributed by atoms with van der Waals surface area (Å²) in [5, 5.41) is 11.6. The topological polar surface area (TPSA) is 59.0 Å². The summed E-state index contributed by atoms with van der Waals surface area (Å²) in [7, 11) is 0. The van der Waals surface area contributed by atoms with Crippen molar-refractivity contribution in [1.82, 2.24) is 0 Å². The van der Waals surface area contributed by atoms with E-state index in [9.17, 15) is 9.90 Å². The number of anilines is 1. The highest BCUT2D eigenvalue weighted by Crippen LogP contribution is 2.45.